The molecule has 39 heavy (non-hydrogen) atoms. The molecule has 5 rings (SSSR count). The Balaban J connectivity index is 1.38. The Morgan fingerprint density at radius 1 is 1.05 bits per heavy atom. The van der Waals surface area contributed by atoms with E-state index in [2.05, 4.69) is 35.4 Å². The number of anilines is 4. The van der Waals surface area contributed by atoms with Crippen molar-refractivity contribution in [3.05, 3.63) is 69.1 Å². The van der Waals surface area contributed by atoms with Crippen LogP contribution >= 0.6 is 34.5 Å². The molecule has 3 heterocycles. The summed E-state index contributed by atoms with van der Waals surface area (Å²) >= 11 is 13.5. The van der Waals surface area contributed by atoms with E-state index < -0.39 is 0 Å². The van der Waals surface area contributed by atoms with Gasteiger partial charge in [0.25, 0.3) is 5.91 Å². The van der Waals surface area contributed by atoms with Gasteiger partial charge in [0.2, 0.25) is 11.9 Å². The van der Waals surface area contributed by atoms with Gasteiger partial charge in [-0.25, -0.2) is 4.98 Å². The largest absolute Gasteiger partial charge is 0.395 e. The summed E-state index contributed by atoms with van der Waals surface area (Å²) in [5, 5.41) is 16.8. The predicted octanol–water partition coefficient (Wildman–Crippen LogP) is 4.72. The number of rotatable bonds is 8. The molecule has 2 aromatic carbocycles. The summed E-state index contributed by atoms with van der Waals surface area (Å²) < 4.78 is 0. The molecule has 0 aliphatic carbocycles. The van der Waals surface area contributed by atoms with Crippen LogP contribution in [0.5, 0.6) is 0 Å². The topological polar surface area (TPSA) is 119 Å². The van der Waals surface area contributed by atoms with Crippen LogP contribution in [0.25, 0.3) is 11.4 Å². The molecule has 0 saturated carbocycles. The number of halogens is 2. The highest BCUT2D eigenvalue weighted by molar-refractivity contribution is 7.17. The molecule has 0 spiro atoms. The maximum Gasteiger partial charge on any atom is 0.267 e. The lowest BCUT2D eigenvalue weighted by atomic mass is 10.2. The van der Waals surface area contributed by atoms with Gasteiger partial charge in [-0.1, -0.05) is 46.7 Å². The molecule has 13 heteroatoms. The number of aryl methyl sites for hydroxylation is 1. The Morgan fingerprint density at radius 3 is 2.54 bits per heavy atom. The molecule has 0 unspecified atom stereocenters. The van der Waals surface area contributed by atoms with Crippen molar-refractivity contribution in [2.75, 3.05) is 54.9 Å². The first kappa shape index (κ1) is 27.2. The van der Waals surface area contributed by atoms with Crippen LogP contribution in [0, 0.1) is 6.92 Å². The summed E-state index contributed by atoms with van der Waals surface area (Å²) in [5.41, 5.74) is 2.23. The van der Waals surface area contributed by atoms with Crippen molar-refractivity contribution in [3.63, 3.8) is 0 Å². The first-order valence-corrected chi connectivity index (χ1v) is 13.9. The molecular formula is C26H26Cl2N8O2S. The van der Waals surface area contributed by atoms with Gasteiger partial charge in [0.15, 0.2) is 11.0 Å². The number of β-amino-alcohol motifs (C(OH)–C–C–N with tert-alkyl or cyclic N) is 1. The van der Waals surface area contributed by atoms with E-state index in [1.165, 1.54) is 17.5 Å². The molecule has 0 bridgehead atoms. The predicted molar refractivity (Wildman–Crippen MR) is 156 cm³/mol. The fraction of sp³-hybridized carbons (Fsp3) is 0.269. The van der Waals surface area contributed by atoms with E-state index >= 15 is 0 Å². The second-order valence-electron chi connectivity index (χ2n) is 8.88. The summed E-state index contributed by atoms with van der Waals surface area (Å²) in [6.45, 7) is 5.67. The maximum absolute atomic E-state index is 12.9. The molecule has 2 aromatic heterocycles. The molecule has 1 aliphatic heterocycles. The second-order valence-corrected chi connectivity index (χ2v) is 10.8. The Hall–Kier alpha value is -3.35. The molecule has 1 fully saturated rings. The molecule has 0 radical (unpaired) electrons. The zero-order chi connectivity index (χ0) is 27.4. The molecule has 1 amide bonds. The minimum absolute atomic E-state index is 0.131. The highest BCUT2D eigenvalue weighted by Crippen LogP contribution is 2.29. The average Bonchev–Trinajstić information content (AvgIpc) is 3.40. The first-order valence-electron chi connectivity index (χ1n) is 12.3. The Labute approximate surface area is 239 Å². The van der Waals surface area contributed by atoms with Crippen LogP contribution in [0.3, 0.4) is 0 Å². The SMILES string of the molecule is Cc1cccc(Cl)c1NC(=O)c1cnc(Nc2nc(-c3ccc(Cl)cc3)nc(N3CCN(CCO)CC3)n2)s1. The average molecular weight is 586 g/mol. The lowest BCUT2D eigenvalue weighted by Gasteiger charge is -2.34. The highest BCUT2D eigenvalue weighted by atomic mass is 35.5. The van der Waals surface area contributed by atoms with E-state index in [1.807, 2.05) is 31.2 Å². The van der Waals surface area contributed by atoms with Gasteiger partial charge in [-0.15, -0.1) is 0 Å². The number of hydrogen-bond donors (Lipinski definition) is 3. The van der Waals surface area contributed by atoms with Gasteiger partial charge in [0.05, 0.1) is 23.5 Å². The van der Waals surface area contributed by atoms with Gasteiger partial charge >= 0.3 is 0 Å². The molecule has 202 valence electrons. The highest BCUT2D eigenvalue weighted by Gasteiger charge is 2.21. The Morgan fingerprint density at radius 2 is 1.82 bits per heavy atom. The molecule has 1 aliphatic rings. The minimum atomic E-state index is -0.310. The van der Waals surface area contributed by atoms with Crippen LogP contribution in [-0.4, -0.2) is 75.2 Å². The lowest BCUT2D eigenvalue weighted by molar-refractivity contribution is 0.103. The number of amides is 1. The van der Waals surface area contributed by atoms with Crippen LogP contribution in [0.1, 0.15) is 15.2 Å². The molecule has 3 N–H and O–H groups in total. The summed E-state index contributed by atoms with van der Waals surface area (Å²) in [6.07, 6.45) is 1.50. The lowest BCUT2D eigenvalue weighted by Crippen LogP contribution is -2.47. The van der Waals surface area contributed by atoms with Crippen LogP contribution in [0.4, 0.5) is 22.7 Å². The van der Waals surface area contributed by atoms with E-state index in [4.69, 9.17) is 28.2 Å². The summed E-state index contributed by atoms with van der Waals surface area (Å²) in [5.74, 6) is 1.02. The zero-order valence-electron chi connectivity index (χ0n) is 21.1. The normalized spacial score (nSPS) is 13.9. The van der Waals surface area contributed by atoms with E-state index in [-0.39, 0.29) is 12.5 Å². The number of thiazole rings is 1. The van der Waals surface area contributed by atoms with Crippen LogP contribution in [0.15, 0.2) is 48.7 Å². The molecular weight excluding hydrogens is 559 g/mol. The smallest absolute Gasteiger partial charge is 0.267 e. The van der Waals surface area contributed by atoms with Gasteiger partial charge in [-0.2, -0.15) is 15.0 Å². The quantitative estimate of drug-likeness (QED) is 0.270. The van der Waals surface area contributed by atoms with Crippen molar-refractivity contribution in [2.24, 2.45) is 0 Å². The van der Waals surface area contributed by atoms with Crippen LogP contribution in [0.2, 0.25) is 10.0 Å². The van der Waals surface area contributed by atoms with Crippen molar-refractivity contribution in [1.29, 1.82) is 0 Å². The molecule has 10 nitrogen and oxygen atoms in total. The number of aromatic nitrogens is 4. The Kier molecular flexibility index (Phi) is 8.53. The minimum Gasteiger partial charge on any atom is -0.395 e. The molecule has 1 saturated heterocycles. The molecule has 4 aromatic rings. The molecule has 0 atom stereocenters. The van der Waals surface area contributed by atoms with Crippen molar-refractivity contribution < 1.29 is 9.90 Å². The van der Waals surface area contributed by atoms with E-state index in [1.54, 1.807) is 18.2 Å². The standard InChI is InChI=1S/C26H26Cl2N8O2S/c1-16-3-2-4-19(28)21(16)30-23(38)20-15-29-26(39-20)34-24-31-22(17-5-7-18(27)8-6-17)32-25(33-24)36-11-9-35(10-12-36)13-14-37/h2-8,15,37H,9-14H2,1H3,(H,30,38)(H,29,31,32,33,34). The number of benzene rings is 2. The van der Waals surface area contributed by atoms with Gasteiger partial charge in [0, 0.05) is 43.3 Å². The van der Waals surface area contributed by atoms with Crippen molar-refractivity contribution >= 4 is 63.2 Å². The third-order valence-electron chi connectivity index (χ3n) is 6.21. The fourth-order valence-corrected chi connectivity index (χ4v) is 5.20. The van der Waals surface area contributed by atoms with Gasteiger partial charge in [0.1, 0.15) is 4.88 Å². The first-order chi connectivity index (χ1) is 18.9. The van der Waals surface area contributed by atoms with Crippen LogP contribution in [-0.2, 0) is 0 Å². The number of carbonyl (C=O) groups excluding carboxylic acids is 1. The fourth-order valence-electron chi connectivity index (χ4n) is 4.10. The van der Waals surface area contributed by atoms with E-state index in [0.29, 0.717) is 63.1 Å². The monoisotopic (exact) mass is 584 g/mol. The maximum atomic E-state index is 12.9. The van der Waals surface area contributed by atoms with Crippen molar-refractivity contribution in [2.45, 2.75) is 6.92 Å². The number of piperazine rings is 1. The second kappa shape index (κ2) is 12.2. The number of hydrogen-bond acceptors (Lipinski definition) is 10. The van der Waals surface area contributed by atoms with Gasteiger partial charge < -0.3 is 15.3 Å². The summed E-state index contributed by atoms with van der Waals surface area (Å²) in [7, 11) is 0. The number of para-hydroxylation sites is 1. The van der Waals surface area contributed by atoms with Crippen LogP contribution < -0.4 is 15.5 Å². The van der Waals surface area contributed by atoms with Crippen molar-refractivity contribution in [3.8, 4) is 11.4 Å². The zero-order valence-corrected chi connectivity index (χ0v) is 23.4. The van der Waals surface area contributed by atoms with Gasteiger partial charge in [-0.05, 0) is 42.8 Å². The summed E-state index contributed by atoms with van der Waals surface area (Å²) in [6, 6.07) is 12.7. The van der Waals surface area contributed by atoms with E-state index in [9.17, 15) is 9.90 Å². The Bertz CT molecular complexity index is 1440. The third kappa shape index (κ3) is 6.63. The summed E-state index contributed by atoms with van der Waals surface area (Å²) in [4.78, 5) is 35.9. The number of nitrogens with zero attached hydrogens (tertiary/aromatic N) is 6. The third-order valence-corrected chi connectivity index (χ3v) is 7.68. The number of carbonyl (C=O) groups is 1. The van der Waals surface area contributed by atoms with Gasteiger partial charge in [-0.3, -0.25) is 15.0 Å². The number of aliphatic hydroxyl groups excluding tert-OH is 1. The number of aliphatic hydroxyl groups is 1. The van der Waals surface area contributed by atoms with E-state index in [0.717, 1.165) is 24.2 Å². The number of nitrogens with one attached hydrogen (secondary N) is 2. The van der Waals surface area contributed by atoms with Crippen molar-refractivity contribution in [1.82, 2.24) is 24.8 Å².